The van der Waals surface area contributed by atoms with E-state index in [1.54, 1.807) is 11.3 Å². The number of likely N-dealkylation sites (N-methyl/N-ethyl adjacent to an activating group) is 1. The molecule has 7 heteroatoms. The molecule has 6 nitrogen and oxygen atoms in total. The minimum Gasteiger partial charge on any atom is -0.394 e. The molecule has 0 aromatic carbocycles. The van der Waals surface area contributed by atoms with Gasteiger partial charge in [0.15, 0.2) is 5.13 Å². The highest BCUT2D eigenvalue weighted by molar-refractivity contribution is 7.17. The molecule has 0 bridgehead atoms. The van der Waals surface area contributed by atoms with Crippen molar-refractivity contribution < 1.29 is 5.11 Å². The SMILES string of the molecule is CCCCN1C(c2cnc(N3CCN(C)CC3)s2)=NCC1CO. The van der Waals surface area contributed by atoms with Crippen molar-refractivity contribution in [3.63, 3.8) is 0 Å². The molecule has 0 spiro atoms. The molecule has 0 aliphatic carbocycles. The number of rotatable bonds is 6. The second-order valence-corrected chi connectivity index (χ2v) is 7.35. The van der Waals surface area contributed by atoms with E-state index >= 15 is 0 Å². The van der Waals surface area contributed by atoms with Crippen LogP contribution in [0.1, 0.15) is 24.6 Å². The van der Waals surface area contributed by atoms with E-state index in [1.807, 2.05) is 6.20 Å². The summed E-state index contributed by atoms with van der Waals surface area (Å²) in [5.74, 6) is 1.02. The first kappa shape index (κ1) is 16.7. The van der Waals surface area contributed by atoms with E-state index in [4.69, 9.17) is 0 Å². The zero-order valence-electron chi connectivity index (χ0n) is 14.1. The molecule has 2 aliphatic rings. The summed E-state index contributed by atoms with van der Waals surface area (Å²) >= 11 is 1.73. The maximum Gasteiger partial charge on any atom is 0.186 e. The first-order chi connectivity index (χ1) is 11.2. The maximum absolute atomic E-state index is 9.59. The molecule has 1 atom stereocenters. The van der Waals surface area contributed by atoms with Gasteiger partial charge in [-0.05, 0) is 13.5 Å². The highest BCUT2D eigenvalue weighted by Crippen LogP contribution is 2.27. The van der Waals surface area contributed by atoms with E-state index in [2.05, 4.69) is 38.6 Å². The van der Waals surface area contributed by atoms with Crippen molar-refractivity contribution in [3.05, 3.63) is 11.1 Å². The summed E-state index contributed by atoms with van der Waals surface area (Å²) in [7, 11) is 2.17. The number of aliphatic imine (C=N–C) groups is 1. The smallest absolute Gasteiger partial charge is 0.186 e. The number of hydrogen-bond donors (Lipinski definition) is 1. The van der Waals surface area contributed by atoms with Gasteiger partial charge in [0.1, 0.15) is 5.84 Å². The van der Waals surface area contributed by atoms with Crippen LogP contribution in [0.3, 0.4) is 0 Å². The lowest BCUT2D eigenvalue weighted by atomic mass is 10.2. The predicted molar refractivity (Wildman–Crippen MR) is 95.7 cm³/mol. The topological polar surface area (TPSA) is 55.2 Å². The van der Waals surface area contributed by atoms with Gasteiger partial charge in [-0.15, -0.1) is 0 Å². The predicted octanol–water partition coefficient (Wildman–Crippen LogP) is 1.12. The van der Waals surface area contributed by atoms with Gasteiger partial charge in [-0.1, -0.05) is 24.7 Å². The quantitative estimate of drug-likeness (QED) is 0.843. The number of unbranched alkanes of at least 4 members (excludes halogenated alkanes) is 1. The molecule has 0 saturated carbocycles. The Bertz CT molecular complexity index is 538. The Balaban J connectivity index is 1.71. The minimum absolute atomic E-state index is 0.130. The summed E-state index contributed by atoms with van der Waals surface area (Å²) in [6.07, 6.45) is 4.23. The third-order valence-corrected chi connectivity index (χ3v) is 5.67. The Morgan fingerprint density at radius 2 is 2.09 bits per heavy atom. The normalized spacial score (nSPS) is 22.7. The summed E-state index contributed by atoms with van der Waals surface area (Å²) in [6.45, 7) is 8.26. The molecular weight excluding hydrogens is 310 g/mol. The van der Waals surface area contributed by atoms with Gasteiger partial charge in [0, 0.05) is 32.7 Å². The highest BCUT2D eigenvalue weighted by Gasteiger charge is 2.29. The fourth-order valence-electron chi connectivity index (χ4n) is 3.06. The number of amidine groups is 1. The summed E-state index contributed by atoms with van der Waals surface area (Å²) in [4.78, 5) is 17.4. The number of anilines is 1. The molecular formula is C16H27N5OS. The molecule has 1 fully saturated rings. The number of aromatic nitrogens is 1. The van der Waals surface area contributed by atoms with Crippen molar-refractivity contribution in [1.82, 2.24) is 14.8 Å². The van der Waals surface area contributed by atoms with Gasteiger partial charge in [0.25, 0.3) is 0 Å². The molecule has 1 unspecified atom stereocenters. The molecule has 3 rings (SSSR count). The average Bonchev–Trinajstić information content (AvgIpc) is 3.19. The van der Waals surface area contributed by atoms with E-state index in [1.165, 1.54) is 0 Å². The van der Waals surface area contributed by atoms with E-state index in [0.29, 0.717) is 6.54 Å². The number of hydrogen-bond acceptors (Lipinski definition) is 7. The van der Waals surface area contributed by atoms with Crippen LogP contribution >= 0.6 is 11.3 Å². The Labute approximate surface area is 142 Å². The van der Waals surface area contributed by atoms with Crippen LogP contribution in [0.25, 0.3) is 0 Å². The molecule has 3 heterocycles. The number of thiazole rings is 1. The molecule has 1 N–H and O–H groups in total. The summed E-state index contributed by atoms with van der Waals surface area (Å²) < 4.78 is 0. The zero-order chi connectivity index (χ0) is 16.2. The van der Waals surface area contributed by atoms with E-state index in [-0.39, 0.29) is 12.6 Å². The molecule has 0 radical (unpaired) electrons. The van der Waals surface area contributed by atoms with E-state index in [9.17, 15) is 5.11 Å². The standard InChI is InChI=1S/C16H27N5OS/c1-3-4-5-21-13(12-22)10-17-15(21)14-11-18-16(23-14)20-8-6-19(2)7-9-20/h11,13,22H,3-10,12H2,1-2H3. The van der Waals surface area contributed by atoms with Gasteiger partial charge in [0.05, 0.1) is 30.3 Å². The molecule has 2 aliphatic heterocycles. The summed E-state index contributed by atoms with van der Waals surface area (Å²) in [5, 5.41) is 10.7. The number of nitrogens with zero attached hydrogens (tertiary/aromatic N) is 5. The second-order valence-electron chi connectivity index (χ2n) is 6.35. The van der Waals surface area contributed by atoms with Crippen LogP contribution in [0, 0.1) is 0 Å². The molecule has 0 amide bonds. The largest absolute Gasteiger partial charge is 0.394 e. The molecule has 23 heavy (non-hydrogen) atoms. The van der Waals surface area contributed by atoms with E-state index < -0.39 is 0 Å². The van der Waals surface area contributed by atoms with Gasteiger partial charge < -0.3 is 19.8 Å². The molecule has 1 saturated heterocycles. The number of aliphatic hydroxyl groups is 1. The first-order valence-electron chi connectivity index (χ1n) is 8.54. The van der Waals surface area contributed by atoms with Gasteiger partial charge in [-0.3, -0.25) is 4.99 Å². The lowest BCUT2D eigenvalue weighted by Crippen LogP contribution is -2.44. The Hall–Kier alpha value is -1.18. The third-order valence-electron chi connectivity index (χ3n) is 4.62. The van der Waals surface area contributed by atoms with Crippen molar-refractivity contribution in [1.29, 1.82) is 0 Å². The van der Waals surface area contributed by atoms with Crippen LogP contribution in [-0.2, 0) is 0 Å². The van der Waals surface area contributed by atoms with Crippen LogP contribution in [0.15, 0.2) is 11.2 Å². The van der Waals surface area contributed by atoms with Crippen molar-refractivity contribution >= 4 is 22.3 Å². The monoisotopic (exact) mass is 337 g/mol. The average molecular weight is 337 g/mol. The highest BCUT2D eigenvalue weighted by atomic mass is 32.1. The van der Waals surface area contributed by atoms with Gasteiger partial charge in [-0.25, -0.2) is 4.98 Å². The van der Waals surface area contributed by atoms with Crippen LogP contribution in [0.4, 0.5) is 5.13 Å². The zero-order valence-corrected chi connectivity index (χ0v) is 14.9. The summed E-state index contributed by atoms with van der Waals surface area (Å²) in [5.41, 5.74) is 0. The van der Waals surface area contributed by atoms with Gasteiger partial charge in [-0.2, -0.15) is 0 Å². The maximum atomic E-state index is 9.59. The molecule has 1 aromatic heterocycles. The van der Waals surface area contributed by atoms with Gasteiger partial charge in [0.2, 0.25) is 0 Å². The second kappa shape index (κ2) is 7.59. The van der Waals surface area contributed by atoms with Crippen LogP contribution in [0.5, 0.6) is 0 Å². The Morgan fingerprint density at radius 3 is 2.78 bits per heavy atom. The van der Waals surface area contributed by atoms with Crippen molar-refractivity contribution in [2.45, 2.75) is 25.8 Å². The van der Waals surface area contributed by atoms with Crippen molar-refractivity contribution in [3.8, 4) is 0 Å². The van der Waals surface area contributed by atoms with E-state index in [0.717, 1.165) is 61.4 Å². The minimum atomic E-state index is 0.130. The molecule has 128 valence electrons. The van der Waals surface area contributed by atoms with Crippen molar-refractivity contribution in [2.75, 3.05) is 57.8 Å². The molecule has 1 aromatic rings. The fourth-order valence-corrected chi connectivity index (χ4v) is 4.05. The lowest BCUT2D eigenvalue weighted by Gasteiger charge is -2.32. The van der Waals surface area contributed by atoms with Crippen LogP contribution in [0.2, 0.25) is 0 Å². The van der Waals surface area contributed by atoms with Crippen LogP contribution < -0.4 is 4.90 Å². The first-order valence-corrected chi connectivity index (χ1v) is 9.36. The van der Waals surface area contributed by atoms with Gasteiger partial charge >= 0.3 is 0 Å². The lowest BCUT2D eigenvalue weighted by molar-refractivity contribution is 0.195. The number of aliphatic hydroxyl groups excluding tert-OH is 1. The fraction of sp³-hybridized carbons (Fsp3) is 0.750. The number of piperazine rings is 1. The third kappa shape index (κ3) is 3.67. The summed E-state index contributed by atoms with van der Waals surface area (Å²) in [6, 6.07) is 0.130. The van der Waals surface area contributed by atoms with Crippen LogP contribution in [-0.4, -0.2) is 84.7 Å². The van der Waals surface area contributed by atoms with Crippen molar-refractivity contribution in [2.24, 2.45) is 4.99 Å². The Kier molecular flexibility index (Phi) is 5.50. The Morgan fingerprint density at radius 1 is 1.30 bits per heavy atom.